The zero-order valence-electron chi connectivity index (χ0n) is 16.1. The number of carbonyl (C=O) groups excluding carboxylic acids is 1. The zero-order chi connectivity index (χ0) is 19.3. The molecule has 2 aliphatic rings. The van der Waals surface area contributed by atoms with E-state index < -0.39 is 10.0 Å². The van der Waals surface area contributed by atoms with Gasteiger partial charge in [0.2, 0.25) is 15.9 Å². The number of piperazine rings is 1. The molecule has 1 aromatic carbocycles. The molecule has 0 radical (unpaired) electrons. The van der Waals surface area contributed by atoms with Crippen molar-refractivity contribution in [2.45, 2.75) is 19.3 Å². The van der Waals surface area contributed by atoms with Crippen molar-refractivity contribution in [3.63, 3.8) is 0 Å². The molecule has 1 amide bonds. The van der Waals surface area contributed by atoms with Gasteiger partial charge in [-0.2, -0.15) is 0 Å². The van der Waals surface area contributed by atoms with Crippen LogP contribution in [0.2, 0.25) is 0 Å². The maximum absolute atomic E-state index is 12.8. The van der Waals surface area contributed by atoms with Crippen molar-refractivity contribution in [3.8, 4) is 0 Å². The summed E-state index contributed by atoms with van der Waals surface area (Å²) in [6, 6.07) is 8.21. The number of nitrogens with zero attached hydrogens (tertiary/aromatic N) is 3. The first-order valence-corrected chi connectivity index (χ1v) is 11.6. The van der Waals surface area contributed by atoms with E-state index in [1.165, 1.54) is 11.8 Å². The second-order valence-corrected chi connectivity index (χ2v) is 9.25. The number of amides is 1. The zero-order valence-corrected chi connectivity index (χ0v) is 16.9. The van der Waals surface area contributed by atoms with Crippen LogP contribution in [-0.2, 0) is 21.2 Å². The topological polar surface area (TPSA) is 73.0 Å². The van der Waals surface area contributed by atoms with Crippen molar-refractivity contribution in [1.29, 1.82) is 0 Å². The van der Waals surface area contributed by atoms with Crippen LogP contribution in [0.1, 0.15) is 18.4 Å². The molecule has 2 aliphatic heterocycles. The summed E-state index contributed by atoms with van der Waals surface area (Å²) >= 11 is 0. The largest absolute Gasteiger partial charge is 0.311 e. The fourth-order valence-electron chi connectivity index (χ4n) is 3.80. The first kappa shape index (κ1) is 20.3. The Hall–Kier alpha value is -1.48. The molecule has 0 saturated carbocycles. The minimum Gasteiger partial charge on any atom is -0.311 e. The molecule has 1 fully saturated rings. The van der Waals surface area contributed by atoms with Gasteiger partial charge in [-0.3, -0.25) is 9.69 Å². The van der Waals surface area contributed by atoms with Crippen LogP contribution in [0.5, 0.6) is 0 Å². The molecule has 0 aromatic heterocycles. The molecule has 0 bridgehead atoms. The minimum atomic E-state index is -3.10. The Labute approximate surface area is 162 Å². The predicted octanol–water partition coefficient (Wildman–Crippen LogP) is 0.523. The van der Waals surface area contributed by atoms with Gasteiger partial charge in [0.15, 0.2) is 0 Å². The maximum Gasteiger partial charge on any atom is 0.241 e. The van der Waals surface area contributed by atoms with Gasteiger partial charge in [-0.1, -0.05) is 18.2 Å². The number of aryl methyl sites for hydroxylation is 1. The van der Waals surface area contributed by atoms with E-state index >= 15 is 0 Å². The number of para-hydroxylation sites is 1. The van der Waals surface area contributed by atoms with E-state index in [0.717, 1.165) is 64.2 Å². The maximum atomic E-state index is 12.8. The monoisotopic (exact) mass is 394 g/mol. The van der Waals surface area contributed by atoms with Crippen LogP contribution in [0.25, 0.3) is 0 Å². The van der Waals surface area contributed by atoms with Crippen LogP contribution >= 0.6 is 0 Å². The van der Waals surface area contributed by atoms with Gasteiger partial charge in [-0.05, 0) is 37.4 Å². The quantitative estimate of drug-likeness (QED) is 0.683. The molecule has 3 rings (SSSR count). The lowest BCUT2D eigenvalue weighted by Crippen LogP contribution is -2.51. The van der Waals surface area contributed by atoms with E-state index in [2.05, 4.69) is 26.7 Å². The third-order valence-corrected chi connectivity index (χ3v) is 5.98. The van der Waals surface area contributed by atoms with E-state index in [4.69, 9.17) is 0 Å². The predicted molar refractivity (Wildman–Crippen MR) is 107 cm³/mol. The van der Waals surface area contributed by atoms with E-state index in [-0.39, 0.29) is 5.91 Å². The van der Waals surface area contributed by atoms with Gasteiger partial charge < -0.3 is 9.80 Å². The lowest BCUT2D eigenvalue weighted by Gasteiger charge is -2.36. The lowest BCUT2D eigenvalue weighted by molar-refractivity contribution is -0.120. The third kappa shape index (κ3) is 6.00. The molecule has 0 unspecified atom stereocenters. The fraction of sp³-hybridized carbons (Fsp3) is 0.632. The highest BCUT2D eigenvalue weighted by molar-refractivity contribution is 7.88. The standard InChI is InChI=1S/C19H30N4O3S/c1-27(25,26)20-9-5-10-21-12-14-22(15-13-21)16-19(24)23-11-4-7-17-6-2-3-8-18(17)23/h2-3,6,8,20H,4-5,7,9-16H2,1H3. The van der Waals surface area contributed by atoms with Gasteiger partial charge in [0.25, 0.3) is 0 Å². The second kappa shape index (κ2) is 9.14. The summed E-state index contributed by atoms with van der Waals surface area (Å²) in [6.07, 6.45) is 4.06. The summed E-state index contributed by atoms with van der Waals surface area (Å²) in [5, 5.41) is 0. The number of rotatable bonds is 7. The number of hydrogen-bond donors (Lipinski definition) is 1. The molecule has 8 heteroatoms. The molecule has 27 heavy (non-hydrogen) atoms. The van der Waals surface area contributed by atoms with E-state index in [9.17, 15) is 13.2 Å². The first-order valence-electron chi connectivity index (χ1n) is 9.70. The number of benzene rings is 1. The smallest absolute Gasteiger partial charge is 0.241 e. The SMILES string of the molecule is CS(=O)(=O)NCCCN1CCN(CC(=O)N2CCCc3ccccc32)CC1. The van der Waals surface area contributed by atoms with Crippen LogP contribution in [0, 0.1) is 0 Å². The van der Waals surface area contributed by atoms with Crippen molar-refractivity contribution in [1.82, 2.24) is 14.5 Å². The van der Waals surface area contributed by atoms with Crippen molar-refractivity contribution in [2.75, 3.05) is 63.5 Å². The molecule has 0 aliphatic carbocycles. The average molecular weight is 395 g/mol. The molecule has 1 saturated heterocycles. The lowest BCUT2D eigenvalue weighted by atomic mass is 10.0. The first-order chi connectivity index (χ1) is 12.9. The number of nitrogens with one attached hydrogen (secondary N) is 1. The summed E-state index contributed by atoms with van der Waals surface area (Å²) in [4.78, 5) is 19.3. The van der Waals surface area contributed by atoms with Gasteiger partial charge in [0.1, 0.15) is 0 Å². The second-order valence-electron chi connectivity index (χ2n) is 7.42. The van der Waals surface area contributed by atoms with E-state index in [1.807, 2.05) is 17.0 Å². The molecule has 1 aromatic rings. The normalized spacial score (nSPS) is 19.1. The number of sulfonamides is 1. The number of carbonyl (C=O) groups is 1. The van der Waals surface area contributed by atoms with Crippen LogP contribution in [-0.4, -0.2) is 82.7 Å². The van der Waals surface area contributed by atoms with Crippen LogP contribution in [0.3, 0.4) is 0 Å². The van der Waals surface area contributed by atoms with Gasteiger partial charge >= 0.3 is 0 Å². The number of hydrogen-bond acceptors (Lipinski definition) is 5. The van der Waals surface area contributed by atoms with Gasteiger partial charge in [-0.25, -0.2) is 13.1 Å². The highest BCUT2D eigenvalue weighted by atomic mass is 32.2. The van der Waals surface area contributed by atoms with Gasteiger partial charge in [0.05, 0.1) is 12.8 Å². The summed E-state index contributed by atoms with van der Waals surface area (Å²) < 4.78 is 24.7. The van der Waals surface area contributed by atoms with E-state index in [0.29, 0.717) is 13.1 Å². The van der Waals surface area contributed by atoms with Crippen LogP contribution in [0.4, 0.5) is 5.69 Å². The third-order valence-electron chi connectivity index (χ3n) is 5.25. The highest BCUT2D eigenvalue weighted by Gasteiger charge is 2.25. The Morgan fingerprint density at radius 3 is 2.52 bits per heavy atom. The Morgan fingerprint density at radius 1 is 1.07 bits per heavy atom. The fourth-order valence-corrected chi connectivity index (χ4v) is 4.32. The molecule has 2 heterocycles. The van der Waals surface area contributed by atoms with Crippen LogP contribution < -0.4 is 9.62 Å². The number of anilines is 1. The molecule has 0 spiro atoms. The molecule has 150 valence electrons. The minimum absolute atomic E-state index is 0.188. The van der Waals surface area contributed by atoms with Crippen molar-refractivity contribution >= 4 is 21.6 Å². The Balaban J connectivity index is 1.41. The molecule has 1 N–H and O–H groups in total. The summed E-state index contributed by atoms with van der Waals surface area (Å²) in [5.41, 5.74) is 2.34. The summed E-state index contributed by atoms with van der Waals surface area (Å²) in [6.45, 7) is 6.23. The average Bonchev–Trinajstić information content (AvgIpc) is 2.65. The van der Waals surface area contributed by atoms with Crippen molar-refractivity contribution in [3.05, 3.63) is 29.8 Å². The Morgan fingerprint density at radius 2 is 1.78 bits per heavy atom. The van der Waals surface area contributed by atoms with E-state index in [1.54, 1.807) is 0 Å². The van der Waals surface area contributed by atoms with Crippen LogP contribution in [0.15, 0.2) is 24.3 Å². The molecular formula is C19H30N4O3S. The van der Waals surface area contributed by atoms with Crippen molar-refractivity contribution < 1.29 is 13.2 Å². The molecule has 7 nitrogen and oxygen atoms in total. The van der Waals surface area contributed by atoms with Crippen molar-refractivity contribution in [2.24, 2.45) is 0 Å². The van der Waals surface area contributed by atoms with Gasteiger partial charge in [0, 0.05) is 45.0 Å². The number of fused-ring (bicyclic) bond motifs is 1. The Kier molecular flexibility index (Phi) is 6.86. The summed E-state index contributed by atoms with van der Waals surface area (Å²) in [5.74, 6) is 0.188. The summed E-state index contributed by atoms with van der Waals surface area (Å²) in [7, 11) is -3.10. The molecule has 0 atom stereocenters. The Bertz CT molecular complexity index is 745. The molecular weight excluding hydrogens is 364 g/mol. The highest BCUT2D eigenvalue weighted by Crippen LogP contribution is 2.26. The van der Waals surface area contributed by atoms with Gasteiger partial charge in [-0.15, -0.1) is 0 Å².